The molecule has 0 amide bonds. The average Bonchev–Trinajstić information content (AvgIpc) is 3.74. The predicted molar refractivity (Wildman–Crippen MR) is 178 cm³/mol. The van der Waals surface area contributed by atoms with Crippen LogP contribution in [0, 0.1) is 10.1 Å². The van der Waals surface area contributed by atoms with E-state index >= 15 is 0 Å². The molecule has 0 saturated carbocycles. The number of ether oxygens (including phenoxy) is 2. The topological polar surface area (TPSA) is 80.6 Å². The fourth-order valence-electron chi connectivity index (χ4n) is 4.78. The van der Waals surface area contributed by atoms with Crippen molar-refractivity contribution in [3.63, 3.8) is 0 Å². The molecule has 43 heavy (non-hydrogen) atoms. The van der Waals surface area contributed by atoms with Crippen molar-refractivity contribution in [2.45, 2.75) is 26.1 Å². The number of nitrogens with one attached hydrogen (secondary N) is 1. The van der Waals surface area contributed by atoms with Crippen LogP contribution in [0.5, 0.6) is 11.5 Å². The quantitative estimate of drug-likeness (QED) is 0.122. The first-order valence-corrected chi connectivity index (χ1v) is 15.6. The minimum absolute atomic E-state index is 0.0132. The van der Waals surface area contributed by atoms with Gasteiger partial charge in [-0.1, -0.05) is 76.6 Å². The highest BCUT2D eigenvalue weighted by atomic mass is 79.9. The van der Waals surface area contributed by atoms with Crippen LogP contribution >= 0.6 is 31.9 Å². The molecule has 5 aromatic rings. The minimum Gasteiger partial charge on any atom is -0.487 e. The number of aromatic amines is 1. The number of nitrogens with zero attached hydrogens (tertiary/aromatic N) is 2. The first kappa shape index (κ1) is 30.4. The van der Waals surface area contributed by atoms with Gasteiger partial charge in [0.2, 0.25) is 0 Å². The first-order valence-electron chi connectivity index (χ1n) is 14.0. The summed E-state index contributed by atoms with van der Waals surface area (Å²) in [6, 6.07) is 29.2. The van der Waals surface area contributed by atoms with Crippen LogP contribution in [0.3, 0.4) is 0 Å². The summed E-state index contributed by atoms with van der Waals surface area (Å²) in [5.74, 6) is 1.15. The zero-order valence-electron chi connectivity index (χ0n) is 23.4. The van der Waals surface area contributed by atoms with Crippen molar-refractivity contribution in [2.75, 3.05) is 13.1 Å². The van der Waals surface area contributed by atoms with Gasteiger partial charge in [-0.25, -0.2) is 0 Å². The Kier molecular flexibility index (Phi) is 10.5. The third kappa shape index (κ3) is 8.06. The van der Waals surface area contributed by atoms with E-state index in [1.54, 1.807) is 18.2 Å². The van der Waals surface area contributed by atoms with Crippen molar-refractivity contribution < 1.29 is 14.4 Å². The SMILES string of the molecule is Brc1ccc(OCc2ccccc2)c2[nH]ccc12.O=[N+]([O-])c1c(OCc2ccccc2)ccc(Br)c1/C=C/N1CCCC1. The number of likely N-dealkylation sites (tertiary alicyclic amines) is 1. The number of H-pyrrole nitrogens is 1. The van der Waals surface area contributed by atoms with Gasteiger partial charge in [-0.2, -0.15) is 0 Å². The summed E-state index contributed by atoms with van der Waals surface area (Å²) in [4.78, 5) is 16.7. The number of halogens is 2. The van der Waals surface area contributed by atoms with Gasteiger partial charge in [0.25, 0.3) is 0 Å². The molecule has 0 spiro atoms. The van der Waals surface area contributed by atoms with Crippen LogP contribution in [0.1, 0.15) is 29.5 Å². The molecule has 7 nitrogen and oxygen atoms in total. The van der Waals surface area contributed by atoms with E-state index < -0.39 is 0 Å². The van der Waals surface area contributed by atoms with E-state index in [0.717, 1.165) is 52.6 Å². The maximum absolute atomic E-state index is 11.7. The Morgan fingerprint density at radius 3 is 2.00 bits per heavy atom. The van der Waals surface area contributed by atoms with Crippen LogP contribution in [-0.4, -0.2) is 27.9 Å². The zero-order chi connectivity index (χ0) is 30.0. The van der Waals surface area contributed by atoms with Crippen LogP contribution in [-0.2, 0) is 13.2 Å². The molecule has 1 aliphatic heterocycles. The Balaban J connectivity index is 0.000000180. The summed E-state index contributed by atoms with van der Waals surface area (Å²) in [6.45, 7) is 2.85. The van der Waals surface area contributed by atoms with Gasteiger partial charge in [-0.15, -0.1) is 0 Å². The lowest BCUT2D eigenvalue weighted by Crippen LogP contribution is -2.10. The van der Waals surface area contributed by atoms with Crippen molar-refractivity contribution >= 4 is 54.5 Å². The summed E-state index contributed by atoms with van der Waals surface area (Å²) in [5.41, 5.74) is 3.68. The van der Waals surface area contributed by atoms with E-state index in [0.29, 0.717) is 23.2 Å². The van der Waals surface area contributed by atoms with Crippen molar-refractivity contribution in [3.8, 4) is 11.5 Å². The van der Waals surface area contributed by atoms with Crippen LogP contribution < -0.4 is 9.47 Å². The van der Waals surface area contributed by atoms with Gasteiger partial charge in [-0.3, -0.25) is 10.1 Å². The highest BCUT2D eigenvalue weighted by Gasteiger charge is 2.23. The Morgan fingerprint density at radius 1 is 0.791 bits per heavy atom. The number of benzene rings is 4. The number of aromatic nitrogens is 1. The smallest absolute Gasteiger partial charge is 0.319 e. The molecule has 1 aliphatic rings. The Morgan fingerprint density at radius 2 is 1.37 bits per heavy atom. The highest BCUT2D eigenvalue weighted by molar-refractivity contribution is 9.11. The number of rotatable bonds is 9. The monoisotopic (exact) mass is 703 g/mol. The number of fused-ring (bicyclic) bond motifs is 1. The number of hydrogen-bond acceptors (Lipinski definition) is 5. The van der Waals surface area contributed by atoms with E-state index in [2.05, 4.69) is 53.9 Å². The van der Waals surface area contributed by atoms with Crippen molar-refractivity contribution in [3.05, 3.63) is 139 Å². The van der Waals surface area contributed by atoms with Crippen molar-refractivity contribution in [2.24, 2.45) is 0 Å². The molecule has 1 N–H and O–H groups in total. The summed E-state index contributed by atoms with van der Waals surface area (Å²) in [6.07, 6.45) is 7.97. The van der Waals surface area contributed by atoms with Crippen molar-refractivity contribution in [1.82, 2.24) is 9.88 Å². The molecule has 6 rings (SSSR count). The van der Waals surface area contributed by atoms with Gasteiger partial charge in [0.05, 0.1) is 16.0 Å². The van der Waals surface area contributed by atoms with Gasteiger partial charge < -0.3 is 19.4 Å². The second kappa shape index (κ2) is 14.9. The molecule has 4 aromatic carbocycles. The van der Waals surface area contributed by atoms with Crippen LogP contribution in [0.25, 0.3) is 17.0 Å². The lowest BCUT2D eigenvalue weighted by atomic mass is 10.1. The molecule has 9 heteroatoms. The fraction of sp³-hybridized carbons (Fsp3) is 0.176. The Labute approximate surface area is 267 Å². The second-order valence-electron chi connectivity index (χ2n) is 9.98. The molecule has 0 atom stereocenters. The normalized spacial score (nSPS) is 12.7. The standard InChI is InChI=1S/C19H19BrN2O3.C15H12BrNO/c20-17-8-9-18(25-14-15-6-2-1-3-7-15)19(22(23)24)16(17)10-13-21-11-4-5-12-21;16-13-6-7-14(15-12(13)8-9-17-15)18-10-11-4-2-1-3-5-11/h1-3,6-10,13H,4-5,11-12,14H2;1-9,17H,10H2/b13-10+;. The van der Waals surface area contributed by atoms with Gasteiger partial charge >= 0.3 is 5.69 Å². The second-order valence-corrected chi connectivity index (χ2v) is 11.7. The van der Waals surface area contributed by atoms with E-state index in [4.69, 9.17) is 9.47 Å². The predicted octanol–water partition coefficient (Wildman–Crippen LogP) is 9.51. The first-order chi connectivity index (χ1) is 21.0. The average molecular weight is 705 g/mol. The molecule has 0 bridgehead atoms. The van der Waals surface area contributed by atoms with Gasteiger partial charge in [0.15, 0.2) is 5.75 Å². The summed E-state index contributed by atoms with van der Waals surface area (Å²) in [7, 11) is 0. The third-order valence-corrected chi connectivity index (χ3v) is 8.39. The molecule has 1 saturated heterocycles. The Bertz CT molecular complexity index is 1680. The molecule has 220 valence electrons. The maximum Gasteiger partial charge on any atom is 0.319 e. The Hall–Kier alpha value is -4.08. The molecular formula is C34H31Br2N3O4. The van der Waals surface area contributed by atoms with Gasteiger partial charge in [0, 0.05) is 33.6 Å². The van der Waals surface area contributed by atoms with Gasteiger partial charge in [-0.05, 0) is 82.5 Å². The number of nitro groups is 1. The van der Waals surface area contributed by atoms with E-state index in [9.17, 15) is 10.1 Å². The molecule has 0 unspecified atom stereocenters. The number of hydrogen-bond donors (Lipinski definition) is 1. The van der Waals surface area contributed by atoms with Crippen LogP contribution in [0.4, 0.5) is 5.69 Å². The van der Waals surface area contributed by atoms with E-state index in [1.807, 2.05) is 79.1 Å². The molecule has 0 aliphatic carbocycles. The highest BCUT2D eigenvalue weighted by Crippen LogP contribution is 2.37. The zero-order valence-corrected chi connectivity index (χ0v) is 26.6. The molecule has 2 heterocycles. The molecular weight excluding hydrogens is 674 g/mol. The van der Waals surface area contributed by atoms with E-state index in [1.165, 1.54) is 5.56 Å². The molecule has 1 fully saturated rings. The largest absolute Gasteiger partial charge is 0.487 e. The summed E-state index contributed by atoms with van der Waals surface area (Å²) in [5, 5.41) is 12.8. The van der Waals surface area contributed by atoms with Crippen molar-refractivity contribution in [1.29, 1.82) is 0 Å². The minimum atomic E-state index is -0.380. The lowest BCUT2D eigenvalue weighted by Gasteiger charge is -2.12. The van der Waals surface area contributed by atoms with E-state index in [-0.39, 0.29) is 16.4 Å². The summed E-state index contributed by atoms with van der Waals surface area (Å²) < 4.78 is 13.4. The number of nitro benzene ring substituents is 1. The van der Waals surface area contributed by atoms with Gasteiger partial charge in [0.1, 0.15) is 19.0 Å². The lowest BCUT2D eigenvalue weighted by molar-refractivity contribution is -0.386. The van der Waals surface area contributed by atoms with Crippen LogP contribution in [0.2, 0.25) is 0 Å². The molecule has 1 aromatic heterocycles. The van der Waals surface area contributed by atoms with Crippen LogP contribution in [0.15, 0.2) is 112 Å². The summed E-state index contributed by atoms with van der Waals surface area (Å²) >= 11 is 6.96. The fourth-order valence-corrected chi connectivity index (χ4v) is 5.70. The third-order valence-electron chi connectivity index (χ3n) is 7.01. The maximum atomic E-state index is 11.7. The molecule has 0 radical (unpaired) electrons.